The number of fused-ring (bicyclic) bond motifs is 1. The van der Waals surface area contributed by atoms with Gasteiger partial charge in [-0.1, -0.05) is 6.07 Å². The highest BCUT2D eigenvalue weighted by Crippen LogP contribution is 2.65. The number of hydrogen-bond acceptors (Lipinski definition) is 6. The second kappa shape index (κ2) is 13.0. The van der Waals surface area contributed by atoms with Crippen LogP contribution in [0.1, 0.15) is 56.4 Å². The zero-order chi connectivity index (χ0) is 29.0. The third-order valence-electron chi connectivity index (χ3n) is 9.45. The first kappa shape index (κ1) is 29.7. The Morgan fingerprint density at radius 2 is 1.73 bits per heavy atom. The van der Waals surface area contributed by atoms with Gasteiger partial charge in [0.2, 0.25) is 5.91 Å². The Kier molecular flexibility index (Phi) is 9.41. The Balaban J connectivity index is 0.000000372. The zero-order valence-corrected chi connectivity index (χ0v) is 24.1. The van der Waals surface area contributed by atoms with E-state index in [1.165, 1.54) is 23.8 Å². The average molecular weight is 586 g/mol. The van der Waals surface area contributed by atoms with Crippen LogP contribution in [-0.2, 0) is 14.4 Å². The predicted molar refractivity (Wildman–Crippen MR) is 156 cm³/mol. The molecule has 1 aromatic carbocycles. The number of carbonyl (C=O) groups is 3. The Morgan fingerprint density at radius 3 is 2.39 bits per heavy atom. The van der Waals surface area contributed by atoms with Gasteiger partial charge in [0, 0.05) is 49.6 Å². The summed E-state index contributed by atoms with van der Waals surface area (Å²) in [6.07, 6.45) is 9.04. The molecule has 1 saturated heterocycles. The number of carbonyl (C=O) groups excluding carboxylic acids is 1. The van der Waals surface area contributed by atoms with Crippen molar-refractivity contribution in [2.75, 3.05) is 39.3 Å². The van der Waals surface area contributed by atoms with Gasteiger partial charge in [-0.2, -0.15) is 0 Å². The zero-order valence-electron chi connectivity index (χ0n) is 23.3. The maximum atomic E-state index is 13.7. The molecule has 222 valence electrons. The van der Waals surface area contributed by atoms with Crippen LogP contribution in [0, 0.1) is 29.0 Å². The average Bonchev–Trinajstić information content (AvgIpc) is 3.34. The van der Waals surface area contributed by atoms with Gasteiger partial charge in [-0.15, -0.1) is 11.3 Å². The molecule has 4 aliphatic carbocycles. The monoisotopic (exact) mass is 585 g/mol. The fourth-order valence-electron chi connectivity index (χ4n) is 8.02. The van der Waals surface area contributed by atoms with E-state index < -0.39 is 11.9 Å². The molecule has 0 spiro atoms. The lowest BCUT2D eigenvalue weighted by atomic mass is 9.45. The van der Waals surface area contributed by atoms with E-state index in [-0.39, 0.29) is 11.2 Å². The number of piperazine rings is 1. The van der Waals surface area contributed by atoms with Crippen molar-refractivity contribution in [3.8, 4) is 0 Å². The minimum absolute atomic E-state index is 0.135. The summed E-state index contributed by atoms with van der Waals surface area (Å²) in [6, 6.07) is 5.26. The van der Waals surface area contributed by atoms with Gasteiger partial charge in [-0.3, -0.25) is 4.79 Å². The molecular weight excluding hydrogens is 545 g/mol. The van der Waals surface area contributed by atoms with Crippen molar-refractivity contribution in [2.24, 2.45) is 23.2 Å². The minimum atomic E-state index is -1.26. The molecule has 4 saturated carbocycles. The fraction of sp³-hybridized carbons (Fsp3) is 0.581. The molecule has 8 nitrogen and oxygen atoms in total. The topological polar surface area (TPSA) is 119 Å². The van der Waals surface area contributed by atoms with Crippen LogP contribution in [0.4, 0.5) is 4.39 Å². The van der Waals surface area contributed by atoms with E-state index in [1.807, 2.05) is 6.07 Å². The van der Waals surface area contributed by atoms with Crippen molar-refractivity contribution in [3.63, 3.8) is 0 Å². The Morgan fingerprint density at radius 1 is 1.05 bits per heavy atom. The van der Waals surface area contributed by atoms with Gasteiger partial charge in [0.25, 0.3) is 0 Å². The highest BCUT2D eigenvalue weighted by Gasteiger charge is 2.58. The van der Waals surface area contributed by atoms with Gasteiger partial charge < -0.3 is 25.7 Å². The summed E-state index contributed by atoms with van der Waals surface area (Å²) in [5.41, 5.74) is 1.29. The number of nitrogens with zero attached hydrogens (tertiary/aromatic N) is 1. The first-order valence-corrected chi connectivity index (χ1v) is 15.6. The van der Waals surface area contributed by atoms with E-state index in [2.05, 4.69) is 20.9 Å². The summed E-state index contributed by atoms with van der Waals surface area (Å²) in [5.74, 6) is 0.111. The van der Waals surface area contributed by atoms with Crippen LogP contribution in [0.15, 0.2) is 35.7 Å². The number of hydrogen-bond donors (Lipinski definition) is 4. The number of benzene rings is 1. The highest BCUT2D eigenvalue weighted by molar-refractivity contribution is 7.17. The third-order valence-corrected chi connectivity index (χ3v) is 10.4. The molecular formula is C31H40FN3O5S. The van der Waals surface area contributed by atoms with Crippen LogP contribution in [0.25, 0.3) is 10.1 Å². The maximum Gasteiger partial charge on any atom is 0.328 e. The quantitative estimate of drug-likeness (QED) is 0.253. The second-order valence-corrected chi connectivity index (χ2v) is 13.1. The molecule has 2 heterocycles. The van der Waals surface area contributed by atoms with E-state index >= 15 is 0 Å². The number of carboxylic acids is 2. The van der Waals surface area contributed by atoms with Crippen molar-refractivity contribution in [1.82, 2.24) is 15.5 Å². The molecule has 10 heteroatoms. The second-order valence-electron chi connectivity index (χ2n) is 12.2. The lowest BCUT2D eigenvalue weighted by Gasteiger charge is -2.59. The largest absolute Gasteiger partial charge is 0.478 e. The van der Waals surface area contributed by atoms with Crippen LogP contribution in [0.5, 0.6) is 0 Å². The van der Waals surface area contributed by atoms with Gasteiger partial charge in [0.15, 0.2) is 0 Å². The van der Waals surface area contributed by atoms with Crippen molar-refractivity contribution in [1.29, 1.82) is 0 Å². The van der Waals surface area contributed by atoms with Gasteiger partial charge in [-0.05, 0) is 104 Å². The van der Waals surface area contributed by atoms with Gasteiger partial charge in [0.1, 0.15) is 5.82 Å². The summed E-state index contributed by atoms with van der Waals surface area (Å²) < 4.78 is 14.8. The SMILES string of the molecule is O=C(NCCCCN1CCNCC1)C12CC3CC(C1)C(c1csc4cc(F)ccc14)C(C3)C2.O=C(O)/C=C\C(=O)O. The molecule has 2 aromatic rings. The molecule has 1 aromatic heterocycles. The van der Waals surface area contributed by atoms with Crippen LogP contribution < -0.4 is 10.6 Å². The van der Waals surface area contributed by atoms with Gasteiger partial charge >= 0.3 is 11.9 Å². The summed E-state index contributed by atoms with van der Waals surface area (Å²) in [6.45, 7) is 6.46. The summed E-state index contributed by atoms with van der Waals surface area (Å²) in [4.78, 5) is 35.1. The number of rotatable bonds is 9. The number of amides is 1. The molecule has 4 bridgehead atoms. The summed E-state index contributed by atoms with van der Waals surface area (Å²) >= 11 is 1.68. The fourth-order valence-corrected chi connectivity index (χ4v) is 9.05. The first-order valence-electron chi connectivity index (χ1n) is 14.8. The molecule has 2 atom stereocenters. The number of aliphatic carboxylic acids is 2. The van der Waals surface area contributed by atoms with Crippen LogP contribution >= 0.6 is 11.3 Å². The number of nitrogens with one attached hydrogen (secondary N) is 2. The Labute approximate surface area is 244 Å². The maximum absolute atomic E-state index is 13.7. The van der Waals surface area contributed by atoms with Crippen molar-refractivity contribution in [3.05, 3.63) is 47.1 Å². The molecule has 7 rings (SSSR count). The lowest BCUT2D eigenvalue weighted by Crippen LogP contribution is -2.56. The molecule has 0 radical (unpaired) electrons. The lowest BCUT2D eigenvalue weighted by molar-refractivity contribution is -0.148. The minimum Gasteiger partial charge on any atom is -0.478 e. The van der Waals surface area contributed by atoms with E-state index in [9.17, 15) is 18.8 Å². The van der Waals surface area contributed by atoms with Gasteiger partial charge in [0.05, 0.1) is 5.41 Å². The standard InChI is InChI=1S/C27H36FN3OS.C4H4O4/c28-21-3-4-22-23(17-33-24(22)13-21)25-19-11-18-12-20(25)16-27(14-18,15-19)26(32)30-5-1-2-8-31-9-6-29-7-10-31;5-3(6)1-2-4(7)8/h3-4,13,17-20,25,29H,1-2,5-12,14-16H2,(H,30,32);1-2H,(H,5,6)(H,7,8)/b;2-1-. The molecule has 4 N–H and O–H groups in total. The normalized spacial score (nSPS) is 28.9. The summed E-state index contributed by atoms with van der Waals surface area (Å²) in [7, 11) is 0. The highest BCUT2D eigenvalue weighted by atomic mass is 32.1. The van der Waals surface area contributed by atoms with Crippen molar-refractivity contribution in [2.45, 2.75) is 50.9 Å². The molecule has 41 heavy (non-hydrogen) atoms. The third kappa shape index (κ3) is 6.98. The van der Waals surface area contributed by atoms with Crippen LogP contribution in [0.2, 0.25) is 0 Å². The van der Waals surface area contributed by atoms with Crippen molar-refractivity contribution < 1.29 is 29.0 Å². The predicted octanol–water partition coefficient (Wildman–Crippen LogP) is 4.46. The van der Waals surface area contributed by atoms with E-state index in [4.69, 9.17) is 10.2 Å². The molecule has 5 aliphatic rings. The number of unbranched alkanes of at least 4 members (excludes halogenated alkanes) is 1. The van der Waals surface area contributed by atoms with Gasteiger partial charge in [-0.25, -0.2) is 14.0 Å². The Bertz CT molecular complexity index is 1260. The van der Waals surface area contributed by atoms with Crippen LogP contribution in [-0.4, -0.2) is 72.2 Å². The molecule has 2 unspecified atom stereocenters. The first-order chi connectivity index (χ1) is 19.7. The smallest absolute Gasteiger partial charge is 0.328 e. The van der Waals surface area contributed by atoms with Crippen LogP contribution in [0.3, 0.4) is 0 Å². The number of halogens is 1. The molecule has 1 aliphatic heterocycles. The number of carboxylic acid groups (broad SMARTS) is 2. The molecule has 5 fully saturated rings. The van der Waals surface area contributed by atoms with E-state index in [0.717, 1.165) is 76.1 Å². The van der Waals surface area contributed by atoms with Crippen molar-refractivity contribution >= 4 is 39.3 Å². The summed E-state index contributed by atoms with van der Waals surface area (Å²) in [5, 5.41) is 25.9. The molecule has 1 amide bonds. The Hall–Kier alpha value is -2.82. The van der Waals surface area contributed by atoms with E-state index in [0.29, 0.717) is 41.7 Å². The number of thiophene rings is 1. The van der Waals surface area contributed by atoms with E-state index in [1.54, 1.807) is 23.5 Å².